The minimum Gasteiger partial charge on any atom is -0.487 e. The first-order valence-electron chi connectivity index (χ1n) is 7.17. The van der Waals surface area contributed by atoms with E-state index in [4.69, 9.17) is 16.3 Å². The van der Waals surface area contributed by atoms with Gasteiger partial charge in [0.05, 0.1) is 5.02 Å². The van der Waals surface area contributed by atoms with E-state index in [-0.39, 0.29) is 0 Å². The van der Waals surface area contributed by atoms with Crippen molar-refractivity contribution < 1.29 is 4.74 Å². The predicted molar refractivity (Wildman–Crippen MR) is 91.6 cm³/mol. The maximum Gasteiger partial charge on any atom is 0.139 e. The summed E-state index contributed by atoms with van der Waals surface area (Å²) in [6, 6.07) is 20.4. The van der Waals surface area contributed by atoms with Crippen molar-refractivity contribution in [3.05, 3.63) is 77.4 Å². The Labute approximate surface area is 133 Å². The summed E-state index contributed by atoms with van der Waals surface area (Å²) < 4.78 is 5.96. The van der Waals surface area contributed by atoms with Gasteiger partial charge in [0.1, 0.15) is 12.4 Å². The maximum atomic E-state index is 6.30. The molecule has 0 amide bonds. The molecule has 0 aliphatic heterocycles. The minimum absolute atomic E-state index is 0.497. The van der Waals surface area contributed by atoms with Crippen LogP contribution in [0, 0.1) is 0 Å². The first-order valence-corrected chi connectivity index (χ1v) is 7.55. The van der Waals surface area contributed by atoms with E-state index >= 15 is 0 Å². The molecule has 0 saturated carbocycles. The van der Waals surface area contributed by atoms with Crippen LogP contribution in [-0.4, -0.2) is 4.98 Å². The lowest BCUT2D eigenvalue weighted by Gasteiger charge is -2.10. The van der Waals surface area contributed by atoms with Crippen LogP contribution in [0.15, 0.2) is 66.9 Å². The third kappa shape index (κ3) is 2.32. The summed E-state index contributed by atoms with van der Waals surface area (Å²) >= 11 is 6.30. The molecule has 4 aromatic rings. The Morgan fingerprint density at radius 2 is 1.77 bits per heavy atom. The first-order chi connectivity index (χ1) is 10.8. The van der Waals surface area contributed by atoms with Gasteiger partial charge in [0.2, 0.25) is 0 Å². The van der Waals surface area contributed by atoms with Crippen LogP contribution in [0.1, 0.15) is 5.56 Å². The molecule has 1 aromatic heterocycles. The zero-order valence-electron chi connectivity index (χ0n) is 11.8. The minimum atomic E-state index is 0.497. The van der Waals surface area contributed by atoms with Crippen LogP contribution >= 0.6 is 11.6 Å². The van der Waals surface area contributed by atoms with Crippen LogP contribution in [0.4, 0.5) is 0 Å². The number of nitrogens with one attached hydrogen (secondary N) is 1. The summed E-state index contributed by atoms with van der Waals surface area (Å²) in [5.41, 5.74) is 2.17. The molecular weight excluding hydrogens is 294 g/mol. The second kappa shape index (κ2) is 5.39. The van der Waals surface area contributed by atoms with Crippen LogP contribution in [-0.2, 0) is 6.61 Å². The normalized spacial score (nSPS) is 11.1. The van der Waals surface area contributed by atoms with Gasteiger partial charge in [-0.25, -0.2) is 0 Å². The Morgan fingerprint density at radius 3 is 2.73 bits per heavy atom. The maximum absolute atomic E-state index is 6.30. The molecular formula is C19H14ClNO. The smallest absolute Gasteiger partial charge is 0.139 e. The Morgan fingerprint density at radius 1 is 0.909 bits per heavy atom. The van der Waals surface area contributed by atoms with E-state index in [9.17, 15) is 0 Å². The van der Waals surface area contributed by atoms with Crippen molar-refractivity contribution in [2.24, 2.45) is 0 Å². The number of hydrogen-bond acceptors (Lipinski definition) is 1. The fourth-order valence-electron chi connectivity index (χ4n) is 2.74. The molecule has 0 bridgehead atoms. The molecule has 22 heavy (non-hydrogen) atoms. The van der Waals surface area contributed by atoms with Crippen LogP contribution in [0.3, 0.4) is 0 Å². The molecule has 0 atom stereocenters. The molecule has 3 aromatic carbocycles. The number of ether oxygens (including phenoxy) is 1. The molecule has 108 valence electrons. The molecule has 2 nitrogen and oxygen atoms in total. The van der Waals surface area contributed by atoms with E-state index in [1.807, 2.05) is 36.5 Å². The Balaban J connectivity index is 1.66. The highest BCUT2D eigenvalue weighted by atomic mass is 35.5. The lowest BCUT2D eigenvalue weighted by molar-refractivity contribution is 0.308. The van der Waals surface area contributed by atoms with Gasteiger partial charge in [-0.15, -0.1) is 0 Å². The molecule has 0 saturated heterocycles. The Bertz CT molecular complexity index is 953. The summed E-state index contributed by atoms with van der Waals surface area (Å²) in [6.07, 6.45) is 1.90. The number of fused-ring (bicyclic) bond motifs is 2. The number of hydrogen-bond donors (Lipinski definition) is 1. The van der Waals surface area contributed by atoms with Gasteiger partial charge >= 0.3 is 0 Å². The number of benzene rings is 3. The zero-order chi connectivity index (χ0) is 14.9. The molecule has 0 unspecified atom stereocenters. The molecule has 0 aliphatic carbocycles. The van der Waals surface area contributed by atoms with E-state index in [1.165, 1.54) is 10.8 Å². The Hall–Kier alpha value is -2.45. The van der Waals surface area contributed by atoms with Crippen LogP contribution in [0.5, 0.6) is 5.75 Å². The fourth-order valence-corrected chi connectivity index (χ4v) is 2.96. The molecule has 0 spiro atoms. The van der Waals surface area contributed by atoms with Gasteiger partial charge in [-0.3, -0.25) is 0 Å². The number of H-pyrrole nitrogens is 1. The summed E-state index contributed by atoms with van der Waals surface area (Å²) in [6.45, 7) is 0.497. The number of aromatic amines is 1. The lowest BCUT2D eigenvalue weighted by atomic mass is 10.1. The van der Waals surface area contributed by atoms with Crippen molar-refractivity contribution in [3.8, 4) is 5.75 Å². The van der Waals surface area contributed by atoms with Crippen molar-refractivity contribution in [1.82, 2.24) is 4.98 Å². The second-order valence-electron chi connectivity index (χ2n) is 5.27. The van der Waals surface area contributed by atoms with E-state index in [0.29, 0.717) is 17.4 Å². The summed E-state index contributed by atoms with van der Waals surface area (Å²) in [4.78, 5) is 3.15. The average Bonchev–Trinajstić information content (AvgIpc) is 2.99. The lowest BCUT2D eigenvalue weighted by Crippen LogP contribution is -1.97. The van der Waals surface area contributed by atoms with E-state index in [2.05, 4.69) is 35.3 Å². The molecule has 1 heterocycles. The molecule has 0 fully saturated rings. The fraction of sp³-hybridized carbons (Fsp3) is 0.0526. The molecule has 0 aliphatic rings. The van der Waals surface area contributed by atoms with Crippen LogP contribution < -0.4 is 4.74 Å². The number of rotatable bonds is 3. The van der Waals surface area contributed by atoms with Crippen LogP contribution in [0.25, 0.3) is 21.7 Å². The van der Waals surface area contributed by atoms with E-state index in [0.717, 1.165) is 16.5 Å². The molecule has 1 N–H and O–H groups in total. The highest BCUT2D eigenvalue weighted by molar-refractivity contribution is 6.32. The van der Waals surface area contributed by atoms with Gasteiger partial charge in [-0.05, 0) is 34.5 Å². The summed E-state index contributed by atoms with van der Waals surface area (Å²) in [5.74, 6) is 0.710. The third-order valence-corrected chi connectivity index (χ3v) is 4.16. The van der Waals surface area contributed by atoms with Crippen molar-refractivity contribution in [3.63, 3.8) is 0 Å². The van der Waals surface area contributed by atoms with Crippen LogP contribution in [0.2, 0.25) is 5.02 Å². The molecule has 4 rings (SSSR count). The topological polar surface area (TPSA) is 25.0 Å². The standard InChI is InChI=1S/C19H14ClNO/c20-17-11-18-14(8-9-21-18)10-19(17)22-12-15-6-3-5-13-4-1-2-7-16(13)15/h1-11,21H,12H2. The largest absolute Gasteiger partial charge is 0.487 e. The third-order valence-electron chi connectivity index (χ3n) is 3.87. The van der Waals surface area contributed by atoms with E-state index in [1.54, 1.807) is 0 Å². The van der Waals surface area contributed by atoms with Gasteiger partial charge in [0.15, 0.2) is 0 Å². The Kier molecular flexibility index (Phi) is 3.24. The van der Waals surface area contributed by atoms with Crippen molar-refractivity contribution in [2.45, 2.75) is 6.61 Å². The van der Waals surface area contributed by atoms with Gasteiger partial charge in [0.25, 0.3) is 0 Å². The molecule has 0 radical (unpaired) electrons. The second-order valence-corrected chi connectivity index (χ2v) is 5.68. The molecule has 3 heteroatoms. The van der Waals surface area contributed by atoms with Crippen molar-refractivity contribution in [2.75, 3.05) is 0 Å². The number of halogens is 1. The van der Waals surface area contributed by atoms with E-state index < -0.39 is 0 Å². The monoisotopic (exact) mass is 307 g/mol. The summed E-state index contributed by atoms with van der Waals surface area (Å²) in [7, 11) is 0. The first kappa shape index (κ1) is 13.2. The van der Waals surface area contributed by atoms with Gasteiger partial charge in [0, 0.05) is 17.1 Å². The average molecular weight is 308 g/mol. The summed E-state index contributed by atoms with van der Waals surface area (Å²) in [5, 5.41) is 4.15. The predicted octanol–water partition coefficient (Wildman–Crippen LogP) is 5.55. The van der Waals surface area contributed by atoms with Gasteiger partial charge in [-0.1, -0.05) is 54.1 Å². The van der Waals surface area contributed by atoms with Crippen molar-refractivity contribution >= 4 is 33.3 Å². The SMILES string of the molecule is Clc1cc2[nH]ccc2cc1OCc1cccc2ccccc12. The quantitative estimate of drug-likeness (QED) is 0.527. The van der Waals surface area contributed by atoms with Crippen molar-refractivity contribution in [1.29, 1.82) is 0 Å². The van der Waals surface area contributed by atoms with Gasteiger partial charge in [-0.2, -0.15) is 0 Å². The zero-order valence-corrected chi connectivity index (χ0v) is 12.6. The van der Waals surface area contributed by atoms with Gasteiger partial charge < -0.3 is 9.72 Å². The highest BCUT2D eigenvalue weighted by Crippen LogP contribution is 2.30. The highest BCUT2D eigenvalue weighted by Gasteiger charge is 2.07. The number of aromatic nitrogens is 1.